The van der Waals surface area contributed by atoms with Crippen molar-refractivity contribution >= 4 is 5.78 Å². The van der Waals surface area contributed by atoms with Gasteiger partial charge in [-0.05, 0) is 32.5 Å². The number of hydrogen-bond donors (Lipinski definition) is 1. The number of likely N-dealkylation sites (N-methyl/N-ethyl adjacent to an activating group) is 1. The second kappa shape index (κ2) is 3.75. The van der Waals surface area contributed by atoms with Gasteiger partial charge in [0.1, 0.15) is 0 Å². The van der Waals surface area contributed by atoms with E-state index in [0.717, 1.165) is 24.4 Å². The fraction of sp³-hybridized carbons (Fsp3) is 0.400. The van der Waals surface area contributed by atoms with E-state index >= 15 is 0 Å². The SMILES string of the molecule is CNCCc1cnc2nc(C)cn2c1. The minimum absolute atomic E-state index is 0.774. The summed E-state index contributed by atoms with van der Waals surface area (Å²) in [6.07, 6.45) is 6.96. The Hall–Kier alpha value is -1.42. The molecule has 4 heteroatoms. The van der Waals surface area contributed by atoms with E-state index in [2.05, 4.69) is 21.5 Å². The Kier molecular flexibility index (Phi) is 2.45. The molecule has 0 bridgehead atoms. The van der Waals surface area contributed by atoms with Gasteiger partial charge in [-0.15, -0.1) is 0 Å². The lowest BCUT2D eigenvalue weighted by atomic mass is 10.2. The van der Waals surface area contributed by atoms with E-state index in [9.17, 15) is 0 Å². The monoisotopic (exact) mass is 190 g/mol. The number of nitrogens with one attached hydrogen (secondary N) is 1. The van der Waals surface area contributed by atoms with Crippen molar-refractivity contribution in [3.05, 3.63) is 29.8 Å². The first-order valence-electron chi connectivity index (χ1n) is 4.74. The van der Waals surface area contributed by atoms with Gasteiger partial charge in [-0.2, -0.15) is 0 Å². The second-order valence-corrected chi connectivity index (χ2v) is 3.41. The quantitative estimate of drug-likeness (QED) is 0.778. The van der Waals surface area contributed by atoms with Gasteiger partial charge in [0.15, 0.2) is 0 Å². The number of aryl methyl sites for hydroxylation is 1. The minimum Gasteiger partial charge on any atom is -0.319 e. The highest BCUT2D eigenvalue weighted by Crippen LogP contribution is 2.04. The summed E-state index contributed by atoms with van der Waals surface area (Å²) in [5, 5.41) is 3.12. The Morgan fingerprint density at radius 1 is 1.43 bits per heavy atom. The summed E-state index contributed by atoms with van der Waals surface area (Å²) in [4.78, 5) is 8.55. The van der Waals surface area contributed by atoms with Crippen molar-refractivity contribution in [2.75, 3.05) is 13.6 Å². The number of rotatable bonds is 3. The highest BCUT2D eigenvalue weighted by Gasteiger charge is 1.99. The van der Waals surface area contributed by atoms with Gasteiger partial charge in [-0.1, -0.05) is 0 Å². The van der Waals surface area contributed by atoms with Crippen molar-refractivity contribution in [3.63, 3.8) is 0 Å². The molecule has 0 aliphatic carbocycles. The van der Waals surface area contributed by atoms with Gasteiger partial charge in [-0.3, -0.25) is 4.40 Å². The molecule has 74 valence electrons. The molecule has 1 N–H and O–H groups in total. The van der Waals surface area contributed by atoms with Crippen LogP contribution in [-0.2, 0) is 6.42 Å². The van der Waals surface area contributed by atoms with E-state index in [0.29, 0.717) is 0 Å². The summed E-state index contributed by atoms with van der Waals surface area (Å²) in [5.74, 6) is 0.774. The zero-order valence-corrected chi connectivity index (χ0v) is 8.49. The van der Waals surface area contributed by atoms with Crippen molar-refractivity contribution in [1.29, 1.82) is 0 Å². The van der Waals surface area contributed by atoms with Gasteiger partial charge in [-0.25, -0.2) is 9.97 Å². The molecular formula is C10H14N4. The predicted molar refractivity (Wildman–Crippen MR) is 55.4 cm³/mol. The first-order valence-corrected chi connectivity index (χ1v) is 4.74. The van der Waals surface area contributed by atoms with Crippen LogP contribution in [0.5, 0.6) is 0 Å². The Bertz CT molecular complexity index is 433. The number of hydrogen-bond acceptors (Lipinski definition) is 3. The summed E-state index contributed by atoms with van der Waals surface area (Å²) in [7, 11) is 1.95. The molecule has 0 aliphatic rings. The van der Waals surface area contributed by atoms with Crippen molar-refractivity contribution in [1.82, 2.24) is 19.7 Å². The third-order valence-electron chi connectivity index (χ3n) is 2.15. The van der Waals surface area contributed by atoms with Crippen LogP contribution in [0.2, 0.25) is 0 Å². The van der Waals surface area contributed by atoms with Crippen LogP contribution in [0, 0.1) is 6.92 Å². The molecule has 0 unspecified atom stereocenters. The average Bonchev–Trinajstić information content (AvgIpc) is 2.54. The van der Waals surface area contributed by atoms with Gasteiger partial charge in [0.25, 0.3) is 0 Å². The van der Waals surface area contributed by atoms with Crippen molar-refractivity contribution in [2.24, 2.45) is 0 Å². The third-order valence-corrected chi connectivity index (χ3v) is 2.15. The van der Waals surface area contributed by atoms with Crippen LogP contribution in [0.25, 0.3) is 5.78 Å². The Morgan fingerprint density at radius 3 is 3.07 bits per heavy atom. The van der Waals surface area contributed by atoms with E-state index in [4.69, 9.17) is 0 Å². The van der Waals surface area contributed by atoms with Crippen LogP contribution in [-0.4, -0.2) is 28.0 Å². The average molecular weight is 190 g/mol. The normalized spacial score (nSPS) is 11.0. The first-order chi connectivity index (χ1) is 6.79. The molecule has 14 heavy (non-hydrogen) atoms. The number of aromatic nitrogens is 3. The smallest absolute Gasteiger partial charge is 0.233 e. The lowest BCUT2D eigenvalue weighted by Gasteiger charge is -2.00. The highest BCUT2D eigenvalue weighted by molar-refractivity contribution is 5.31. The Balaban J connectivity index is 2.31. The molecule has 0 saturated heterocycles. The standard InChI is InChI=1S/C10H14N4/c1-8-6-14-7-9(3-4-11-2)5-12-10(14)13-8/h5-7,11H,3-4H2,1-2H3. The molecule has 0 atom stereocenters. The number of nitrogens with zero attached hydrogens (tertiary/aromatic N) is 3. The van der Waals surface area contributed by atoms with E-state index in [-0.39, 0.29) is 0 Å². The molecule has 0 radical (unpaired) electrons. The Morgan fingerprint density at radius 2 is 2.29 bits per heavy atom. The van der Waals surface area contributed by atoms with Crippen LogP contribution >= 0.6 is 0 Å². The number of imidazole rings is 1. The third kappa shape index (κ3) is 1.75. The molecule has 0 fully saturated rings. The molecule has 2 aromatic rings. The van der Waals surface area contributed by atoms with Gasteiger partial charge >= 0.3 is 0 Å². The zero-order chi connectivity index (χ0) is 9.97. The highest BCUT2D eigenvalue weighted by atomic mass is 15.1. The van der Waals surface area contributed by atoms with Crippen LogP contribution < -0.4 is 5.32 Å². The predicted octanol–water partition coefficient (Wildman–Crippen LogP) is 0.800. The molecule has 2 aromatic heterocycles. The van der Waals surface area contributed by atoms with E-state index < -0.39 is 0 Å². The fourth-order valence-corrected chi connectivity index (χ4v) is 1.44. The molecule has 0 saturated carbocycles. The van der Waals surface area contributed by atoms with Crippen LogP contribution in [0.3, 0.4) is 0 Å². The largest absolute Gasteiger partial charge is 0.319 e. The molecule has 2 heterocycles. The Labute approximate surface area is 83.0 Å². The maximum Gasteiger partial charge on any atom is 0.233 e. The number of fused-ring (bicyclic) bond motifs is 1. The molecular weight excluding hydrogens is 176 g/mol. The topological polar surface area (TPSA) is 42.2 Å². The van der Waals surface area contributed by atoms with Crippen molar-refractivity contribution in [3.8, 4) is 0 Å². The first kappa shape index (κ1) is 9.15. The lowest BCUT2D eigenvalue weighted by molar-refractivity contribution is 0.784. The van der Waals surface area contributed by atoms with E-state index in [1.165, 1.54) is 5.56 Å². The maximum atomic E-state index is 4.28. The van der Waals surface area contributed by atoms with Crippen LogP contribution in [0.1, 0.15) is 11.3 Å². The van der Waals surface area contributed by atoms with E-state index in [1.807, 2.05) is 30.8 Å². The molecule has 0 aliphatic heterocycles. The van der Waals surface area contributed by atoms with Gasteiger partial charge in [0.2, 0.25) is 5.78 Å². The fourth-order valence-electron chi connectivity index (χ4n) is 1.44. The zero-order valence-electron chi connectivity index (χ0n) is 8.49. The van der Waals surface area contributed by atoms with E-state index in [1.54, 1.807) is 0 Å². The summed E-state index contributed by atoms with van der Waals surface area (Å²) in [6, 6.07) is 0. The molecule has 0 spiro atoms. The van der Waals surface area contributed by atoms with Crippen LogP contribution in [0.15, 0.2) is 18.6 Å². The van der Waals surface area contributed by atoms with Gasteiger partial charge in [0, 0.05) is 18.6 Å². The maximum absolute atomic E-state index is 4.28. The van der Waals surface area contributed by atoms with Crippen molar-refractivity contribution < 1.29 is 0 Å². The van der Waals surface area contributed by atoms with Gasteiger partial charge in [0.05, 0.1) is 5.69 Å². The minimum atomic E-state index is 0.774. The molecule has 4 nitrogen and oxygen atoms in total. The van der Waals surface area contributed by atoms with Crippen LogP contribution in [0.4, 0.5) is 0 Å². The molecule has 2 rings (SSSR count). The summed E-state index contributed by atoms with van der Waals surface area (Å²) >= 11 is 0. The van der Waals surface area contributed by atoms with Gasteiger partial charge < -0.3 is 5.32 Å². The summed E-state index contributed by atoms with van der Waals surface area (Å²) in [5.41, 5.74) is 2.23. The molecule has 0 amide bonds. The molecule has 0 aromatic carbocycles. The summed E-state index contributed by atoms with van der Waals surface area (Å²) in [6.45, 7) is 2.95. The lowest BCUT2D eigenvalue weighted by Crippen LogP contribution is -2.10. The second-order valence-electron chi connectivity index (χ2n) is 3.41. The summed E-state index contributed by atoms with van der Waals surface area (Å²) < 4.78 is 1.97. The van der Waals surface area contributed by atoms with Crippen molar-refractivity contribution in [2.45, 2.75) is 13.3 Å².